The highest BCUT2D eigenvalue weighted by molar-refractivity contribution is 7.89. The maximum atomic E-state index is 12.0. The van der Waals surface area contributed by atoms with Crippen LogP contribution in [0.3, 0.4) is 0 Å². The molecule has 0 aliphatic rings. The molecule has 2 aromatic rings. The van der Waals surface area contributed by atoms with Gasteiger partial charge in [-0.15, -0.1) is 5.10 Å². The first-order valence-electron chi connectivity index (χ1n) is 6.60. The molecule has 128 valence electrons. The van der Waals surface area contributed by atoms with E-state index in [0.29, 0.717) is 0 Å². The van der Waals surface area contributed by atoms with E-state index in [1.54, 1.807) is 0 Å². The topological polar surface area (TPSA) is 162 Å². The van der Waals surface area contributed by atoms with Gasteiger partial charge in [0.2, 0.25) is 15.9 Å². The number of non-ortho nitro benzene ring substituents is 1. The zero-order valence-corrected chi connectivity index (χ0v) is 13.0. The molecule has 0 fully saturated rings. The summed E-state index contributed by atoms with van der Waals surface area (Å²) < 4.78 is 27.5. The van der Waals surface area contributed by atoms with Crippen LogP contribution in [0.1, 0.15) is 0 Å². The molecule has 2 rings (SSSR count). The Balaban J connectivity index is 1.83. The fourth-order valence-electron chi connectivity index (χ4n) is 1.69. The first kappa shape index (κ1) is 17.4. The standard InChI is InChI=1S/C11H13N7O5S/c19-11(7-17-8-13-15-16-17)12-4-5-14-24(22,23)10-3-1-2-9(6-10)18(20)21/h1-3,6,8,14H,4-5,7H2,(H,12,19). The number of tetrazole rings is 1. The molecule has 0 radical (unpaired) electrons. The Kier molecular flexibility index (Phi) is 5.49. The van der Waals surface area contributed by atoms with Gasteiger partial charge in [0.25, 0.3) is 5.69 Å². The summed E-state index contributed by atoms with van der Waals surface area (Å²) in [4.78, 5) is 21.3. The van der Waals surface area contributed by atoms with Crippen molar-refractivity contribution in [3.63, 3.8) is 0 Å². The molecule has 0 saturated carbocycles. The van der Waals surface area contributed by atoms with Gasteiger partial charge in [0.15, 0.2) is 0 Å². The van der Waals surface area contributed by atoms with Crippen LogP contribution < -0.4 is 10.0 Å². The summed E-state index contributed by atoms with van der Waals surface area (Å²) in [7, 11) is -3.91. The van der Waals surface area contributed by atoms with Crippen molar-refractivity contribution in [2.75, 3.05) is 13.1 Å². The van der Waals surface area contributed by atoms with Crippen LogP contribution >= 0.6 is 0 Å². The molecule has 0 atom stereocenters. The van der Waals surface area contributed by atoms with Crippen LogP contribution in [-0.2, 0) is 21.4 Å². The second-order valence-corrected chi connectivity index (χ2v) is 6.28. The fraction of sp³-hybridized carbons (Fsp3) is 0.273. The number of carbonyl (C=O) groups is 1. The Labute approximate surface area is 136 Å². The number of nitro benzene ring substituents is 1. The Hall–Kier alpha value is -2.93. The predicted molar refractivity (Wildman–Crippen MR) is 79.1 cm³/mol. The Morgan fingerprint density at radius 3 is 2.79 bits per heavy atom. The van der Waals surface area contributed by atoms with E-state index in [4.69, 9.17) is 0 Å². The summed E-state index contributed by atoms with van der Waals surface area (Å²) in [6.07, 6.45) is 1.27. The van der Waals surface area contributed by atoms with Crippen molar-refractivity contribution in [2.45, 2.75) is 11.4 Å². The number of amides is 1. The molecule has 2 N–H and O–H groups in total. The third-order valence-corrected chi connectivity index (χ3v) is 4.23. The van der Waals surface area contributed by atoms with Gasteiger partial charge in [-0.2, -0.15) is 0 Å². The molecule has 1 amide bonds. The zero-order valence-electron chi connectivity index (χ0n) is 12.2. The van der Waals surface area contributed by atoms with Crippen molar-refractivity contribution >= 4 is 21.6 Å². The average Bonchev–Trinajstić information content (AvgIpc) is 3.04. The van der Waals surface area contributed by atoms with Crippen molar-refractivity contribution in [1.29, 1.82) is 0 Å². The molecule has 12 nitrogen and oxygen atoms in total. The number of nitro groups is 1. The van der Waals surface area contributed by atoms with E-state index in [-0.39, 0.29) is 30.2 Å². The molecule has 0 aliphatic heterocycles. The van der Waals surface area contributed by atoms with Crippen LogP contribution in [0.25, 0.3) is 0 Å². The van der Waals surface area contributed by atoms with Crippen LogP contribution in [0.5, 0.6) is 0 Å². The minimum atomic E-state index is -3.91. The molecule has 1 heterocycles. The Bertz CT molecular complexity index is 821. The van der Waals surface area contributed by atoms with Crippen molar-refractivity contribution in [3.05, 3.63) is 40.7 Å². The third kappa shape index (κ3) is 4.79. The lowest BCUT2D eigenvalue weighted by Gasteiger charge is -2.08. The smallest absolute Gasteiger partial charge is 0.270 e. The zero-order chi connectivity index (χ0) is 17.6. The van der Waals surface area contributed by atoms with Crippen LogP contribution in [0, 0.1) is 10.1 Å². The molecular formula is C11H13N7O5S. The van der Waals surface area contributed by atoms with Gasteiger partial charge in [-0.1, -0.05) is 6.07 Å². The second kappa shape index (κ2) is 7.56. The lowest BCUT2D eigenvalue weighted by atomic mass is 10.3. The summed E-state index contributed by atoms with van der Waals surface area (Å²) >= 11 is 0. The maximum absolute atomic E-state index is 12.0. The Morgan fingerprint density at radius 2 is 2.12 bits per heavy atom. The fourth-order valence-corrected chi connectivity index (χ4v) is 2.76. The van der Waals surface area contributed by atoms with E-state index in [2.05, 4.69) is 25.6 Å². The number of nitrogens with zero attached hydrogens (tertiary/aromatic N) is 5. The van der Waals surface area contributed by atoms with Crippen molar-refractivity contribution in [1.82, 2.24) is 30.2 Å². The highest BCUT2D eigenvalue weighted by atomic mass is 32.2. The van der Waals surface area contributed by atoms with Gasteiger partial charge < -0.3 is 5.32 Å². The number of rotatable bonds is 8. The molecule has 0 unspecified atom stereocenters. The number of hydrogen-bond donors (Lipinski definition) is 2. The number of nitrogens with one attached hydrogen (secondary N) is 2. The molecule has 0 bridgehead atoms. The quantitative estimate of drug-likeness (QED) is 0.334. The monoisotopic (exact) mass is 355 g/mol. The molecular weight excluding hydrogens is 342 g/mol. The normalized spacial score (nSPS) is 11.2. The van der Waals surface area contributed by atoms with E-state index in [1.165, 1.54) is 29.2 Å². The van der Waals surface area contributed by atoms with Gasteiger partial charge in [0.05, 0.1) is 9.82 Å². The number of hydrogen-bond acceptors (Lipinski definition) is 8. The van der Waals surface area contributed by atoms with E-state index < -0.39 is 20.9 Å². The summed E-state index contributed by atoms with van der Waals surface area (Å²) in [5.41, 5.74) is -0.326. The van der Waals surface area contributed by atoms with Crippen LogP contribution in [0.4, 0.5) is 5.69 Å². The Morgan fingerprint density at radius 1 is 1.33 bits per heavy atom. The van der Waals surface area contributed by atoms with E-state index in [1.807, 2.05) is 0 Å². The lowest BCUT2D eigenvalue weighted by Crippen LogP contribution is -2.36. The van der Waals surface area contributed by atoms with Gasteiger partial charge in [0.1, 0.15) is 12.9 Å². The number of sulfonamides is 1. The van der Waals surface area contributed by atoms with Gasteiger partial charge in [-0.25, -0.2) is 17.8 Å². The van der Waals surface area contributed by atoms with E-state index >= 15 is 0 Å². The molecule has 24 heavy (non-hydrogen) atoms. The molecule has 1 aromatic carbocycles. The van der Waals surface area contributed by atoms with E-state index in [0.717, 1.165) is 6.07 Å². The number of benzene rings is 1. The molecule has 1 aromatic heterocycles. The molecule has 0 saturated heterocycles. The van der Waals surface area contributed by atoms with Crippen molar-refractivity contribution in [2.24, 2.45) is 0 Å². The second-order valence-electron chi connectivity index (χ2n) is 4.51. The van der Waals surface area contributed by atoms with Crippen molar-refractivity contribution in [3.8, 4) is 0 Å². The first-order valence-corrected chi connectivity index (χ1v) is 8.08. The highest BCUT2D eigenvalue weighted by Crippen LogP contribution is 2.16. The van der Waals surface area contributed by atoms with Crippen LogP contribution in [0.15, 0.2) is 35.5 Å². The predicted octanol–water partition coefficient (Wildman–Crippen LogP) is -1.32. The van der Waals surface area contributed by atoms with Gasteiger partial charge in [-0.05, 0) is 16.5 Å². The minimum absolute atomic E-state index is 0.0368. The summed E-state index contributed by atoms with van der Waals surface area (Å²) in [5, 5.41) is 23.4. The minimum Gasteiger partial charge on any atom is -0.353 e. The van der Waals surface area contributed by atoms with Crippen molar-refractivity contribution < 1.29 is 18.1 Å². The molecule has 0 spiro atoms. The largest absolute Gasteiger partial charge is 0.353 e. The van der Waals surface area contributed by atoms with Crippen LogP contribution in [-0.4, -0.2) is 52.5 Å². The maximum Gasteiger partial charge on any atom is 0.270 e. The number of aromatic nitrogens is 4. The van der Waals surface area contributed by atoms with E-state index in [9.17, 15) is 23.3 Å². The lowest BCUT2D eigenvalue weighted by molar-refractivity contribution is -0.385. The average molecular weight is 355 g/mol. The highest BCUT2D eigenvalue weighted by Gasteiger charge is 2.17. The molecule has 0 aliphatic carbocycles. The van der Waals surface area contributed by atoms with Gasteiger partial charge in [-0.3, -0.25) is 14.9 Å². The molecule has 13 heteroatoms. The summed E-state index contributed by atoms with van der Waals surface area (Å²) in [6.45, 7) is -0.133. The first-order chi connectivity index (χ1) is 11.4. The summed E-state index contributed by atoms with van der Waals surface area (Å²) in [6, 6.07) is 4.67. The summed E-state index contributed by atoms with van der Waals surface area (Å²) in [5.74, 6) is -0.392. The SMILES string of the molecule is O=C(Cn1cnnn1)NCCNS(=O)(=O)c1cccc([N+](=O)[O-])c1. The number of carbonyl (C=O) groups excluding carboxylic acids is 1. The van der Waals surface area contributed by atoms with Crippen LogP contribution in [0.2, 0.25) is 0 Å². The van der Waals surface area contributed by atoms with Gasteiger partial charge >= 0.3 is 0 Å². The van der Waals surface area contributed by atoms with Gasteiger partial charge in [0, 0.05) is 25.2 Å². The third-order valence-electron chi connectivity index (χ3n) is 2.78.